The van der Waals surface area contributed by atoms with Crippen molar-refractivity contribution < 1.29 is 4.79 Å². The highest BCUT2D eigenvalue weighted by Crippen LogP contribution is 2.20. The molecule has 1 saturated heterocycles. The number of hydrogen-bond donors (Lipinski definition) is 2. The summed E-state index contributed by atoms with van der Waals surface area (Å²) in [6.45, 7) is 1.37. The number of nitrogens with zero attached hydrogens (tertiary/aromatic N) is 1. The summed E-state index contributed by atoms with van der Waals surface area (Å²) in [6, 6.07) is 9.74. The van der Waals surface area contributed by atoms with Crippen LogP contribution < -0.4 is 11.5 Å². The Bertz CT molecular complexity index is 393. The van der Waals surface area contributed by atoms with Crippen LogP contribution in [0.2, 0.25) is 0 Å². The van der Waals surface area contributed by atoms with Crippen LogP contribution in [0.3, 0.4) is 0 Å². The molecule has 0 spiro atoms. The van der Waals surface area contributed by atoms with Crippen molar-refractivity contribution in [2.75, 3.05) is 13.1 Å². The molecule has 0 aliphatic carbocycles. The van der Waals surface area contributed by atoms with Gasteiger partial charge in [0.15, 0.2) is 0 Å². The zero-order chi connectivity index (χ0) is 13.0. The van der Waals surface area contributed by atoms with E-state index >= 15 is 0 Å². The first-order valence-electron chi connectivity index (χ1n) is 6.52. The summed E-state index contributed by atoms with van der Waals surface area (Å²) < 4.78 is 0. The summed E-state index contributed by atoms with van der Waals surface area (Å²) >= 11 is 0. The van der Waals surface area contributed by atoms with E-state index in [9.17, 15) is 4.79 Å². The van der Waals surface area contributed by atoms with E-state index < -0.39 is 0 Å². The average Bonchev–Trinajstić information content (AvgIpc) is 2.88. The van der Waals surface area contributed by atoms with Crippen LogP contribution >= 0.6 is 0 Å². The molecule has 98 valence electrons. The van der Waals surface area contributed by atoms with Crippen molar-refractivity contribution >= 4 is 5.91 Å². The molecule has 1 amide bonds. The highest BCUT2D eigenvalue weighted by molar-refractivity contribution is 5.77. The monoisotopic (exact) mass is 247 g/mol. The first-order valence-corrected chi connectivity index (χ1v) is 6.52. The smallest absolute Gasteiger partial charge is 0.224 e. The van der Waals surface area contributed by atoms with Gasteiger partial charge in [-0.3, -0.25) is 4.79 Å². The Kier molecular flexibility index (Phi) is 4.33. The van der Waals surface area contributed by atoms with Gasteiger partial charge in [-0.1, -0.05) is 30.3 Å². The molecule has 0 unspecified atom stereocenters. The predicted octanol–water partition coefficient (Wildman–Crippen LogP) is 1.03. The minimum atomic E-state index is -0.224. The SMILES string of the molecule is NC[C@H]1CCCN1C(=O)C[C@@H](N)c1ccccc1. The van der Waals surface area contributed by atoms with Crippen LogP contribution in [0, 0.1) is 0 Å². The molecule has 18 heavy (non-hydrogen) atoms. The van der Waals surface area contributed by atoms with Crippen LogP contribution in [0.4, 0.5) is 0 Å². The lowest BCUT2D eigenvalue weighted by molar-refractivity contribution is -0.132. The Morgan fingerprint density at radius 1 is 1.39 bits per heavy atom. The molecular formula is C14H21N3O. The van der Waals surface area contributed by atoms with Gasteiger partial charge in [0, 0.05) is 31.6 Å². The first kappa shape index (κ1) is 13.1. The Labute approximate surface area is 108 Å². The second-order valence-electron chi connectivity index (χ2n) is 4.84. The first-order chi connectivity index (χ1) is 8.72. The fourth-order valence-corrected chi connectivity index (χ4v) is 2.53. The number of carbonyl (C=O) groups excluding carboxylic acids is 1. The normalized spacial score (nSPS) is 21.0. The van der Waals surface area contributed by atoms with Crippen molar-refractivity contribution in [1.29, 1.82) is 0 Å². The highest BCUT2D eigenvalue weighted by atomic mass is 16.2. The van der Waals surface area contributed by atoms with Crippen LogP contribution in [0.1, 0.15) is 30.9 Å². The van der Waals surface area contributed by atoms with Crippen LogP contribution in [0.5, 0.6) is 0 Å². The second kappa shape index (κ2) is 5.98. The Morgan fingerprint density at radius 2 is 2.11 bits per heavy atom. The van der Waals surface area contributed by atoms with Gasteiger partial charge in [-0.2, -0.15) is 0 Å². The lowest BCUT2D eigenvalue weighted by Crippen LogP contribution is -2.41. The van der Waals surface area contributed by atoms with Crippen LogP contribution in [0.25, 0.3) is 0 Å². The molecule has 1 aromatic carbocycles. The third kappa shape index (κ3) is 2.89. The molecule has 1 aromatic rings. The maximum Gasteiger partial charge on any atom is 0.224 e. The molecule has 1 aliphatic heterocycles. The molecule has 2 atom stereocenters. The fraction of sp³-hybridized carbons (Fsp3) is 0.500. The summed E-state index contributed by atoms with van der Waals surface area (Å²) in [5.74, 6) is 0.124. The van der Waals surface area contributed by atoms with E-state index in [1.54, 1.807) is 0 Å². The van der Waals surface area contributed by atoms with Crippen LogP contribution in [-0.2, 0) is 4.79 Å². The lowest BCUT2D eigenvalue weighted by Gasteiger charge is -2.25. The maximum absolute atomic E-state index is 12.2. The molecule has 0 saturated carbocycles. The third-order valence-electron chi connectivity index (χ3n) is 3.59. The molecule has 4 nitrogen and oxygen atoms in total. The van der Waals surface area contributed by atoms with Crippen LogP contribution in [0.15, 0.2) is 30.3 Å². The van der Waals surface area contributed by atoms with Gasteiger partial charge in [-0.05, 0) is 18.4 Å². The van der Waals surface area contributed by atoms with Gasteiger partial charge < -0.3 is 16.4 Å². The predicted molar refractivity (Wildman–Crippen MR) is 71.8 cm³/mol. The molecule has 4 heteroatoms. The average molecular weight is 247 g/mol. The van der Waals surface area contributed by atoms with E-state index in [1.165, 1.54) is 0 Å². The molecule has 1 heterocycles. The third-order valence-corrected chi connectivity index (χ3v) is 3.59. The van der Waals surface area contributed by atoms with E-state index in [0.29, 0.717) is 13.0 Å². The maximum atomic E-state index is 12.2. The number of nitrogens with two attached hydrogens (primary N) is 2. The van der Waals surface area contributed by atoms with Crippen molar-refractivity contribution in [3.63, 3.8) is 0 Å². The van der Waals surface area contributed by atoms with E-state index in [4.69, 9.17) is 11.5 Å². The van der Waals surface area contributed by atoms with E-state index in [0.717, 1.165) is 24.9 Å². The number of benzene rings is 1. The Hall–Kier alpha value is -1.39. The molecule has 2 rings (SSSR count). The van der Waals surface area contributed by atoms with Crippen molar-refractivity contribution in [3.05, 3.63) is 35.9 Å². The molecular weight excluding hydrogens is 226 g/mol. The minimum absolute atomic E-state index is 0.124. The number of rotatable bonds is 4. The fourth-order valence-electron chi connectivity index (χ4n) is 2.53. The summed E-state index contributed by atoms with van der Waals surface area (Å²) in [7, 11) is 0. The molecule has 0 aromatic heterocycles. The summed E-state index contributed by atoms with van der Waals surface area (Å²) in [5, 5.41) is 0. The van der Waals surface area contributed by atoms with Gasteiger partial charge >= 0.3 is 0 Å². The number of carbonyl (C=O) groups is 1. The molecule has 0 bridgehead atoms. The lowest BCUT2D eigenvalue weighted by atomic mass is 10.0. The van der Waals surface area contributed by atoms with Gasteiger partial charge in [-0.15, -0.1) is 0 Å². The topological polar surface area (TPSA) is 72.3 Å². The van der Waals surface area contributed by atoms with Crippen molar-refractivity contribution in [3.8, 4) is 0 Å². The zero-order valence-electron chi connectivity index (χ0n) is 10.6. The van der Waals surface area contributed by atoms with Crippen LogP contribution in [-0.4, -0.2) is 29.9 Å². The van der Waals surface area contributed by atoms with E-state index in [-0.39, 0.29) is 18.0 Å². The molecule has 4 N–H and O–H groups in total. The van der Waals surface area contributed by atoms with E-state index in [2.05, 4.69) is 0 Å². The quantitative estimate of drug-likeness (QED) is 0.834. The van der Waals surface area contributed by atoms with Crippen molar-refractivity contribution in [2.45, 2.75) is 31.3 Å². The number of amides is 1. The largest absolute Gasteiger partial charge is 0.338 e. The molecule has 1 aliphatic rings. The van der Waals surface area contributed by atoms with E-state index in [1.807, 2.05) is 35.2 Å². The second-order valence-corrected chi connectivity index (χ2v) is 4.84. The van der Waals surface area contributed by atoms with Gasteiger partial charge in [0.25, 0.3) is 0 Å². The minimum Gasteiger partial charge on any atom is -0.338 e. The Morgan fingerprint density at radius 3 is 2.78 bits per heavy atom. The zero-order valence-corrected chi connectivity index (χ0v) is 10.6. The van der Waals surface area contributed by atoms with Crippen molar-refractivity contribution in [1.82, 2.24) is 4.90 Å². The van der Waals surface area contributed by atoms with Crippen molar-refractivity contribution in [2.24, 2.45) is 11.5 Å². The Balaban J connectivity index is 1.95. The molecule has 1 fully saturated rings. The van der Waals surface area contributed by atoms with Gasteiger partial charge in [0.05, 0.1) is 0 Å². The summed E-state index contributed by atoms with van der Waals surface area (Å²) in [4.78, 5) is 14.1. The molecule has 0 radical (unpaired) electrons. The van der Waals surface area contributed by atoms with Gasteiger partial charge in [-0.25, -0.2) is 0 Å². The standard InChI is InChI=1S/C14H21N3O/c15-10-12-7-4-8-17(12)14(18)9-13(16)11-5-2-1-3-6-11/h1-3,5-6,12-13H,4,7-10,15-16H2/t12-,13-/m1/s1. The number of hydrogen-bond acceptors (Lipinski definition) is 3. The highest BCUT2D eigenvalue weighted by Gasteiger charge is 2.28. The summed E-state index contributed by atoms with van der Waals surface area (Å²) in [6.07, 6.45) is 2.43. The summed E-state index contributed by atoms with van der Waals surface area (Å²) in [5.41, 5.74) is 12.8. The number of likely N-dealkylation sites (tertiary alicyclic amines) is 1. The van der Waals surface area contributed by atoms with Gasteiger partial charge in [0.2, 0.25) is 5.91 Å². The van der Waals surface area contributed by atoms with Gasteiger partial charge in [0.1, 0.15) is 0 Å².